The molecule has 0 aliphatic heterocycles. The number of anilines is 1. The Morgan fingerprint density at radius 2 is 1.87 bits per heavy atom. The highest BCUT2D eigenvalue weighted by molar-refractivity contribution is 6.30. The lowest BCUT2D eigenvalue weighted by Crippen LogP contribution is -2.21. The lowest BCUT2D eigenvalue weighted by atomic mass is 10.2. The molecule has 0 saturated heterocycles. The molecule has 4 rings (SSSR count). The number of hydrogen-bond acceptors (Lipinski definition) is 4. The number of carbonyl (C=O) groups is 2. The van der Waals surface area contributed by atoms with Gasteiger partial charge in [-0.05, 0) is 55.5 Å². The Balaban J connectivity index is 1.46. The number of halogens is 2. The maximum Gasteiger partial charge on any atom is 0.338 e. The normalized spacial score (nSPS) is 10.8. The summed E-state index contributed by atoms with van der Waals surface area (Å²) in [6.45, 7) is 1.32. The second-order valence-electron chi connectivity index (χ2n) is 6.78. The van der Waals surface area contributed by atoms with Crippen molar-refractivity contribution < 1.29 is 18.7 Å². The summed E-state index contributed by atoms with van der Waals surface area (Å²) in [6.07, 6.45) is 0. The highest BCUT2D eigenvalue weighted by Gasteiger charge is 2.15. The maximum absolute atomic E-state index is 13.8. The van der Waals surface area contributed by atoms with Crippen LogP contribution in [-0.2, 0) is 9.53 Å². The molecule has 156 valence electrons. The summed E-state index contributed by atoms with van der Waals surface area (Å²) >= 11 is 5.68. The van der Waals surface area contributed by atoms with Gasteiger partial charge in [0.25, 0.3) is 5.91 Å². The molecule has 3 aromatic carbocycles. The molecular formula is C23H17ClFN3O3. The summed E-state index contributed by atoms with van der Waals surface area (Å²) in [7, 11) is 0. The van der Waals surface area contributed by atoms with E-state index in [4.69, 9.17) is 16.3 Å². The fraction of sp³-hybridized carbons (Fsp3) is 0.0870. The van der Waals surface area contributed by atoms with Crippen LogP contribution in [0.2, 0.25) is 5.02 Å². The van der Waals surface area contributed by atoms with Gasteiger partial charge in [0.15, 0.2) is 6.61 Å². The lowest BCUT2D eigenvalue weighted by molar-refractivity contribution is -0.119. The third-order valence-corrected chi connectivity index (χ3v) is 4.85. The van der Waals surface area contributed by atoms with Gasteiger partial charge in [0, 0.05) is 10.7 Å². The van der Waals surface area contributed by atoms with E-state index >= 15 is 0 Å². The Hall–Kier alpha value is -3.71. The molecule has 0 aliphatic rings. The molecular weight excluding hydrogens is 421 g/mol. The van der Waals surface area contributed by atoms with E-state index in [2.05, 4.69) is 10.3 Å². The van der Waals surface area contributed by atoms with Crippen LogP contribution in [0.25, 0.3) is 16.7 Å². The zero-order valence-corrected chi connectivity index (χ0v) is 17.2. The van der Waals surface area contributed by atoms with Crippen LogP contribution >= 0.6 is 11.6 Å². The van der Waals surface area contributed by atoms with E-state index in [1.807, 2.05) is 41.8 Å². The van der Waals surface area contributed by atoms with Crippen LogP contribution in [0, 0.1) is 12.7 Å². The van der Waals surface area contributed by atoms with E-state index in [9.17, 15) is 14.0 Å². The molecule has 1 amide bonds. The first-order valence-electron chi connectivity index (χ1n) is 9.39. The minimum absolute atomic E-state index is 0.0474. The van der Waals surface area contributed by atoms with Gasteiger partial charge in [-0.1, -0.05) is 29.8 Å². The maximum atomic E-state index is 13.8. The predicted molar refractivity (Wildman–Crippen MR) is 116 cm³/mol. The number of nitrogens with zero attached hydrogens (tertiary/aromatic N) is 2. The minimum atomic E-state index is -0.680. The van der Waals surface area contributed by atoms with Crippen LogP contribution < -0.4 is 5.32 Å². The van der Waals surface area contributed by atoms with Gasteiger partial charge in [0.05, 0.1) is 22.3 Å². The molecule has 0 fully saturated rings. The highest BCUT2D eigenvalue weighted by Crippen LogP contribution is 2.23. The van der Waals surface area contributed by atoms with E-state index in [1.165, 1.54) is 12.1 Å². The number of rotatable bonds is 5. The number of esters is 1. The van der Waals surface area contributed by atoms with Crippen LogP contribution in [0.15, 0.2) is 66.7 Å². The van der Waals surface area contributed by atoms with Crippen molar-refractivity contribution in [3.05, 3.63) is 89.0 Å². The predicted octanol–water partition coefficient (Wildman–Crippen LogP) is 4.92. The van der Waals surface area contributed by atoms with Gasteiger partial charge in [0.1, 0.15) is 11.6 Å². The number of amides is 1. The Bertz CT molecular complexity index is 1290. The number of carbonyl (C=O) groups excluding carboxylic acids is 2. The van der Waals surface area contributed by atoms with Crippen molar-refractivity contribution in [3.63, 3.8) is 0 Å². The molecule has 31 heavy (non-hydrogen) atoms. The zero-order chi connectivity index (χ0) is 22.0. The molecule has 0 spiro atoms. The molecule has 6 nitrogen and oxygen atoms in total. The molecule has 1 heterocycles. The third kappa shape index (κ3) is 4.41. The Labute approximate surface area is 182 Å². The number of para-hydroxylation sites is 1. The zero-order valence-electron chi connectivity index (χ0n) is 16.4. The number of benzene rings is 3. The van der Waals surface area contributed by atoms with Crippen molar-refractivity contribution in [1.82, 2.24) is 9.55 Å². The number of imidazole rings is 1. The summed E-state index contributed by atoms with van der Waals surface area (Å²) in [5.74, 6) is -1.25. The van der Waals surface area contributed by atoms with Gasteiger partial charge >= 0.3 is 5.97 Å². The minimum Gasteiger partial charge on any atom is -0.452 e. The van der Waals surface area contributed by atoms with E-state index in [0.29, 0.717) is 5.52 Å². The van der Waals surface area contributed by atoms with E-state index in [1.54, 1.807) is 18.2 Å². The molecule has 0 saturated carbocycles. The lowest BCUT2D eigenvalue weighted by Gasteiger charge is -2.08. The van der Waals surface area contributed by atoms with Crippen molar-refractivity contribution in [3.8, 4) is 5.69 Å². The number of aryl methyl sites for hydroxylation is 1. The van der Waals surface area contributed by atoms with E-state index < -0.39 is 24.3 Å². The third-order valence-electron chi connectivity index (χ3n) is 4.61. The molecule has 0 radical (unpaired) electrons. The van der Waals surface area contributed by atoms with Crippen molar-refractivity contribution in [1.29, 1.82) is 0 Å². The van der Waals surface area contributed by atoms with Crippen LogP contribution in [-0.4, -0.2) is 28.0 Å². The topological polar surface area (TPSA) is 73.2 Å². The van der Waals surface area contributed by atoms with Crippen LogP contribution in [0.3, 0.4) is 0 Å². The van der Waals surface area contributed by atoms with E-state index in [-0.39, 0.29) is 16.3 Å². The van der Waals surface area contributed by atoms with Gasteiger partial charge in [-0.3, -0.25) is 9.36 Å². The standard InChI is InChI=1S/C23H17ClFN3O3/c1-14-26-20-11-15(7-10-21(20)28(14)17-5-3-2-4-6-17)23(30)31-13-22(29)27-19-9-8-16(24)12-18(19)25/h2-12H,13H2,1H3,(H,27,29). The fourth-order valence-electron chi connectivity index (χ4n) is 3.22. The molecule has 0 aliphatic carbocycles. The average Bonchev–Trinajstić information content (AvgIpc) is 3.09. The van der Waals surface area contributed by atoms with Crippen molar-refractivity contribution in [2.45, 2.75) is 6.92 Å². The summed E-state index contributed by atoms with van der Waals surface area (Å²) in [6, 6.07) is 18.6. The molecule has 1 aromatic heterocycles. The molecule has 4 aromatic rings. The van der Waals surface area contributed by atoms with Crippen LogP contribution in [0.5, 0.6) is 0 Å². The highest BCUT2D eigenvalue weighted by atomic mass is 35.5. The molecule has 0 unspecified atom stereocenters. The van der Waals surface area contributed by atoms with Crippen molar-refractivity contribution in [2.24, 2.45) is 0 Å². The van der Waals surface area contributed by atoms with Gasteiger partial charge in [-0.2, -0.15) is 0 Å². The van der Waals surface area contributed by atoms with Gasteiger partial charge < -0.3 is 10.1 Å². The number of ether oxygens (including phenoxy) is 1. The van der Waals surface area contributed by atoms with Crippen molar-refractivity contribution in [2.75, 3.05) is 11.9 Å². The van der Waals surface area contributed by atoms with Crippen molar-refractivity contribution >= 4 is 40.2 Å². The Morgan fingerprint density at radius 1 is 1.10 bits per heavy atom. The number of fused-ring (bicyclic) bond motifs is 1. The largest absolute Gasteiger partial charge is 0.452 e. The quantitative estimate of drug-likeness (QED) is 0.450. The Kier molecular flexibility index (Phi) is 5.68. The van der Waals surface area contributed by atoms with Gasteiger partial charge in [0.2, 0.25) is 0 Å². The second kappa shape index (κ2) is 8.57. The number of hydrogen-bond donors (Lipinski definition) is 1. The van der Waals surface area contributed by atoms with Crippen LogP contribution in [0.1, 0.15) is 16.2 Å². The summed E-state index contributed by atoms with van der Waals surface area (Å²) in [5.41, 5.74) is 2.65. The molecule has 0 bridgehead atoms. The van der Waals surface area contributed by atoms with E-state index in [0.717, 1.165) is 23.1 Å². The molecule has 1 N–H and O–H groups in total. The van der Waals surface area contributed by atoms with Gasteiger partial charge in [-0.15, -0.1) is 0 Å². The average molecular weight is 438 g/mol. The van der Waals surface area contributed by atoms with Crippen LogP contribution in [0.4, 0.5) is 10.1 Å². The molecule has 8 heteroatoms. The summed E-state index contributed by atoms with van der Waals surface area (Å²) < 4.78 is 20.8. The summed E-state index contributed by atoms with van der Waals surface area (Å²) in [4.78, 5) is 28.9. The smallest absolute Gasteiger partial charge is 0.338 e. The monoisotopic (exact) mass is 437 g/mol. The first kappa shape index (κ1) is 20.6. The second-order valence-corrected chi connectivity index (χ2v) is 7.22. The number of nitrogens with one attached hydrogen (secondary N) is 1. The van der Waals surface area contributed by atoms with Gasteiger partial charge in [-0.25, -0.2) is 14.2 Å². The fourth-order valence-corrected chi connectivity index (χ4v) is 3.38. The summed E-state index contributed by atoms with van der Waals surface area (Å²) in [5, 5.41) is 2.55. The Morgan fingerprint density at radius 3 is 2.61 bits per heavy atom. The first-order chi connectivity index (χ1) is 14.9. The number of aromatic nitrogens is 2. The molecule has 0 atom stereocenters. The SMILES string of the molecule is Cc1nc2cc(C(=O)OCC(=O)Nc3ccc(Cl)cc3F)ccc2n1-c1ccccc1. The first-order valence-corrected chi connectivity index (χ1v) is 9.77.